The minimum absolute atomic E-state index is 0.924. The molecule has 128 heavy (non-hydrogen) atoms. The molecular formula is C120H73N3OS4. The van der Waals surface area contributed by atoms with Crippen LogP contribution in [0.25, 0.3) is 200 Å². The average Bonchev–Trinajstić information content (AvgIpc) is 0.954. The van der Waals surface area contributed by atoms with E-state index in [4.69, 9.17) is 4.42 Å². The van der Waals surface area contributed by atoms with Crippen molar-refractivity contribution in [2.45, 2.75) is 0 Å². The Morgan fingerprint density at radius 2 is 0.453 bits per heavy atom. The van der Waals surface area contributed by atoms with Crippen LogP contribution in [0.1, 0.15) is 0 Å². The van der Waals surface area contributed by atoms with Gasteiger partial charge in [-0.15, -0.1) is 45.3 Å². The summed E-state index contributed by atoms with van der Waals surface area (Å²) in [6, 6.07) is 161. The molecule has 0 saturated carbocycles. The molecule has 23 aromatic carbocycles. The van der Waals surface area contributed by atoms with Crippen LogP contribution in [-0.4, -0.2) is 0 Å². The fraction of sp³-hybridized carbons (Fsp3) is 0. The van der Waals surface area contributed by atoms with Gasteiger partial charge in [-0.25, -0.2) is 0 Å². The largest absolute Gasteiger partial charge is 0.455 e. The van der Waals surface area contributed by atoms with Crippen molar-refractivity contribution in [1.29, 1.82) is 0 Å². The molecule has 0 bridgehead atoms. The number of furan rings is 1. The lowest BCUT2D eigenvalue weighted by Crippen LogP contribution is -2.10. The Bertz CT molecular complexity index is 9140. The van der Waals surface area contributed by atoms with E-state index in [1.165, 1.54) is 189 Å². The van der Waals surface area contributed by atoms with Crippen molar-refractivity contribution in [2.24, 2.45) is 0 Å². The predicted molar refractivity (Wildman–Crippen MR) is 560 cm³/mol. The van der Waals surface area contributed by atoms with Gasteiger partial charge < -0.3 is 19.1 Å². The second kappa shape index (κ2) is 30.1. The van der Waals surface area contributed by atoms with Gasteiger partial charge >= 0.3 is 0 Å². The van der Waals surface area contributed by atoms with Crippen LogP contribution in [0.4, 0.5) is 51.2 Å². The number of hydrogen-bond donors (Lipinski definition) is 0. The average molecular weight is 1700 g/mol. The zero-order valence-corrected chi connectivity index (χ0v) is 72.3. The molecule has 5 aromatic heterocycles. The second-order valence-corrected chi connectivity index (χ2v) is 37.4. The van der Waals surface area contributed by atoms with Crippen LogP contribution in [0.15, 0.2) is 447 Å². The molecule has 8 heteroatoms. The van der Waals surface area contributed by atoms with Crippen molar-refractivity contribution in [2.75, 3.05) is 14.7 Å². The summed E-state index contributed by atoms with van der Waals surface area (Å²) in [5, 5.41) is 35.9. The SMILES string of the molecule is c1ccc(N(c2ccc3c(ccc4c5sc6ccccc6c5c5ccccc5c34)c2)c2cccc3sc4ccccc4c23)cc1.c1ccc(N(c2ccc3c(ccc4ccc5ccc6c7ccccc7oc6c5c43)c2)c2cccc3sc4ccccc4c23)cc1.c1ccc(N(c2ccccc2)c2ccc3c(ccc4c5sc6ccccc6c5c5ccccc5c34)c2)cc1. The number of thiophene rings is 4. The molecule has 5 heterocycles. The molecule has 0 aliphatic carbocycles. The summed E-state index contributed by atoms with van der Waals surface area (Å²) < 4.78 is 17.2. The summed E-state index contributed by atoms with van der Waals surface area (Å²) >= 11 is 7.54. The molecule has 28 rings (SSSR count). The quantitative estimate of drug-likeness (QED) is 0.134. The van der Waals surface area contributed by atoms with Gasteiger partial charge in [-0.05, 0) is 221 Å². The van der Waals surface area contributed by atoms with Gasteiger partial charge in [-0.2, -0.15) is 0 Å². The van der Waals surface area contributed by atoms with Crippen molar-refractivity contribution in [3.05, 3.63) is 443 Å². The van der Waals surface area contributed by atoms with Gasteiger partial charge in [0.2, 0.25) is 0 Å². The van der Waals surface area contributed by atoms with Crippen LogP contribution in [0, 0.1) is 0 Å². The minimum Gasteiger partial charge on any atom is -0.455 e. The summed E-state index contributed by atoms with van der Waals surface area (Å²) in [6.45, 7) is 0. The van der Waals surface area contributed by atoms with E-state index in [9.17, 15) is 0 Å². The maximum Gasteiger partial charge on any atom is 0.143 e. The standard InChI is InChI=1S/C42H25NOS.C42H25NS2.C36H23NS/c1-2-9-29(10-3-1)43(35-13-8-16-38-41(35)34-12-5-7-15-37(34)45-38)30-22-24-31-28(25-30)20-19-26-17-18-27-21-23-33-32-11-4-6-14-36(32)44-42(33)40(27)39(26)31;1-2-11-27(12-3-1)43(35-17-10-20-38-41(35)33-16-7-8-18-36(33)44-38)28-22-24-29-26(25-28)21-23-34-39(29)30-13-4-5-14-31(30)40-32-15-6-9-19-37(32)45-42(34)40;1-3-11-25(12-4-1)37(26-13-5-2-6-14-26)27-20-22-28-24(23-27)19-21-32-34(28)29-15-7-8-16-30(29)35-31-17-9-10-18-33(31)38-36(32)35/h2*1-25H;1-23H. The van der Waals surface area contributed by atoms with Crippen LogP contribution in [0.2, 0.25) is 0 Å². The van der Waals surface area contributed by atoms with E-state index >= 15 is 0 Å². The monoisotopic (exact) mass is 1700 g/mol. The Labute approximate surface area is 751 Å². The van der Waals surface area contributed by atoms with Crippen LogP contribution in [-0.2, 0) is 0 Å². The lowest BCUT2D eigenvalue weighted by atomic mass is 9.93. The second-order valence-electron chi connectivity index (χ2n) is 33.1. The van der Waals surface area contributed by atoms with E-state index in [1.54, 1.807) is 0 Å². The Balaban J connectivity index is 0.000000102. The van der Waals surface area contributed by atoms with E-state index in [2.05, 4.69) is 451 Å². The van der Waals surface area contributed by atoms with Gasteiger partial charge in [0.15, 0.2) is 0 Å². The predicted octanol–water partition coefficient (Wildman–Crippen LogP) is 37.2. The lowest BCUT2D eigenvalue weighted by Gasteiger charge is -2.27. The maximum atomic E-state index is 6.56. The van der Waals surface area contributed by atoms with Gasteiger partial charge in [-0.3, -0.25) is 0 Å². The molecule has 0 fully saturated rings. The lowest BCUT2D eigenvalue weighted by molar-refractivity contribution is 0.673. The van der Waals surface area contributed by atoms with E-state index in [1.807, 2.05) is 51.4 Å². The molecule has 0 saturated heterocycles. The fourth-order valence-electron chi connectivity index (χ4n) is 20.5. The first kappa shape index (κ1) is 74.0. The number of nitrogens with zero attached hydrogens (tertiary/aromatic N) is 3. The first-order valence-corrected chi connectivity index (χ1v) is 46.8. The Kier molecular flexibility index (Phi) is 17.4. The van der Waals surface area contributed by atoms with Crippen LogP contribution >= 0.6 is 45.3 Å². The van der Waals surface area contributed by atoms with Gasteiger partial charge in [0, 0.05) is 153 Å². The smallest absolute Gasteiger partial charge is 0.143 e. The summed E-state index contributed by atoms with van der Waals surface area (Å²) in [7, 11) is 0. The summed E-state index contributed by atoms with van der Waals surface area (Å²) in [5.74, 6) is 0. The number of benzene rings is 23. The topological polar surface area (TPSA) is 22.9 Å². The first-order valence-electron chi connectivity index (χ1n) is 43.5. The summed E-state index contributed by atoms with van der Waals surface area (Å²) in [5.41, 5.74) is 12.3. The number of rotatable bonds is 9. The van der Waals surface area contributed by atoms with Crippen molar-refractivity contribution in [3.8, 4) is 0 Å². The molecule has 28 aromatic rings. The number of hydrogen-bond acceptors (Lipinski definition) is 8. The molecule has 4 nitrogen and oxygen atoms in total. The molecule has 0 aliphatic heterocycles. The van der Waals surface area contributed by atoms with Crippen molar-refractivity contribution >= 4 is 296 Å². The molecule has 0 spiro atoms. The van der Waals surface area contributed by atoms with E-state index < -0.39 is 0 Å². The minimum atomic E-state index is 0.924. The highest BCUT2D eigenvalue weighted by atomic mass is 32.1. The molecule has 0 atom stereocenters. The number of anilines is 9. The highest BCUT2D eigenvalue weighted by Gasteiger charge is 2.26. The van der Waals surface area contributed by atoms with Crippen LogP contribution < -0.4 is 14.7 Å². The number of fused-ring (bicyclic) bond motifs is 35. The van der Waals surface area contributed by atoms with E-state index in [-0.39, 0.29) is 0 Å². The fourth-order valence-corrected chi connectivity index (χ4v) is 25.2. The third kappa shape index (κ3) is 11.9. The summed E-state index contributed by atoms with van der Waals surface area (Å²) in [4.78, 5) is 7.17. The Morgan fingerprint density at radius 3 is 0.891 bits per heavy atom. The van der Waals surface area contributed by atoms with Gasteiger partial charge in [0.1, 0.15) is 11.2 Å². The van der Waals surface area contributed by atoms with Crippen LogP contribution in [0.5, 0.6) is 0 Å². The molecule has 0 amide bonds. The molecule has 0 aliphatic rings. The van der Waals surface area contributed by atoms with Crippen LogP contribution in [0.3, 0.4) is 0 Å². The van der Waals surface area contributed by atoms with Gasteiger partial charge in [0.05, 0.1) is 11.4 Å². The summed E-state index contributed by atoms with van der Waals surface area (Å²) in [6.07, 6.45) is 0. The molecule has 0 unspecified atom stereocenters. The molecule has 598 valence electrons. The van der Waals surface area contributed by atoms with E-state index in [0.717, 1.165) is 61.8 Å². The molecule has 0 N–H and O–H groups in total. The van der Waals surface area contributed by atoms with Gasteiger partial charge in [-0.1, -0.05) is 297 Å². The maximum absolute atomic E-state index is 6.56. The van der Waals surface area contributed by atoms with E-state index in [0.29, 0.717) is 0 Å². The molecule has 0 radical (unpaired) electrons. The molecular weight excluding hydrogens is 1630 g/mol. The Hall–Kier alpha value is -15.5. The third-order valence-corrected chi connectivity index (χ3v) is 30.7. The van der Waals surface area contributed by atoms with Crippen molar-refractivity contribution < 1.29 is 4.42 Å². The first-order chi connectivity index (χ1) is 63.5. The highest BCUT2D eigenvalue weighted by Crippen LogP contribution is 2.53. The normalized spacial score (nSPS) is 11.9. The Morgan fingerprint density at radius 1 is 0.156 bits per heavy atom. The van der Waals surface area contributed by atoms with Crippen molar-refractivity contribution in [3.63, 3.8) is 0 Å². The number of para-hydroxylation sites is 5. The van der Waals surface area contributed by atoms with Gasteiger partial charge in [0.25, 0.3) is 0 Å². The highest BCUT2D eigenvalue weighted by molar-refractivity contribution is 7.28. The van der Waals surface area contributed by atoms with Crippen molar-refractivity contribution in [1.82, 2.24) is 0 Å². The zero-order valence-electron chi connectivity index (χ0n) is 69.0. The zero-order chi connectivity index (χ0) is 84.0. The third-order valence-electron chi connectivity index (χ3n) is 26.0.